The molecular formula is C8H12N2O. The van der Waals surface area contributed by atoms with Gasteiger partial charge in [-0.05, 0) is 30.8 Å². The zero-order valence-electron chi connectivity index (χ0n) is 6.46. The fourth-order valence-electron chi connectivity index (χ4n) is 0.787. The molecule has 1 heterocycles. The summed E-state index contributed by atoms with van der Waals surface area (Å²) < 4.78 is 0. The third-order valence-electron chi connectivity index (χ3n) is 1.29. The van der Waals surface area contributed by atoms with E-state index in [0.29, 0.717) is 6.67 Å². The topological polar surface area (TPSA) is 44.3 Å². The summed E-state index contributed by atoms with van der Waals surface area (Å²) in [5, 5.41) is 15.0. The van der Waals surface area contributed by atoms with Crippen LogP contribution >= 0.6 is 0 Å². The molecule has 0 bridgehead atoms. The lowest BCUT2D eigenvalue weighted by Crippen LogP contribution is -2.20. The van der Waals surface area contributed by atoms with Gasteiger partial charge in [-0.3, -0.25) is 0 Å². The van der Waals surface area contributed by atoms with Gasteiger partial charge in [0.2, 0.25) is 0 Å². The van der Waals surface area contributed by atoms with Gasteiger partial charge >= 0.3 is 0 Å². The molecule has 0 saturated carbocycles. The molecule has 0 aromatic heterocycles. The zero-order valence-corrected chi connectivity index (χ0v) is 6.46. The molecule has 0 unspecified atom stereocenters. The minimum absolute atomic E-state index is 0.246. The third-order valence-corrected chi connectivity index (χ3v) is 1.29. The lowest BCUT2D eigenvalue weighted by molar-refractivity contribution is 0.426. The Balaban J connectivity index is 2.74. The number of allylic oxidation sites excluding steroid dienone is 3. The van der Waals surface area contributed by atoms with E-state index in [1.165, 1.54) is 0 Å². The van der Waals surface area contributed by atoms with E-state index in [1.807, 2.05) is 19.2 Å². The van der Waals surface area contributed by atoms with Crippen molar-refractivity contribution >= 4 is 0 Å². The molecule has 0 atom stereocenters. The molecule has 0 aromatic carbocycles. The second kappa shape index (κ2) is 3.71. The van der Waals surface area contributed by atoms with E-state index >= 15 is 0 Å². The molecule has 1 aliphatic rings. The van der Waals surface area contributed by atoms with Crippen LogP contribution in [0.1, 0.15) is 6.92 Å². The number of aliphatic hydroxyl groups is 1. The maximum Gasteiger partial charge on any atom is 0.131 e. The molecule has 0 saturated heterocycles. The SMILES string of the molecule is CC1=C\C(O)=C/NCN/C=C\1. The Morgan fingerprint density at radius 3 is 3.09 bits per heavy atom. The smallest absolute Gasteiger partial charge is 0.131 e. The first-order valence-electron chi connectivity index (χ1n) is 3.50. The molecule has 1 aliphatic heterocycles. The van der Waals surface area contributed by atoms with Gasteiger partial charge < -0.3 is 15.7 Å². The highest BCUT2D eigenvalue weighted by molar-refractivity contribution is 5.24. The van der Waals surface area contributed by atoms with Crippen molar-refractivity contribution in [3.63, 3.8) is 0 Å². The van der Waals surface area contributed by atoms with Crippen LogP contribution in [-0.4, -0.2) is 11.8 Å². The summed E-state index contributed by atoms with van der Waals surface area (Å²) in [5.41, 5.74) is 1.01. The summed E-state index contributed by atoms with van der Waals surface area (Å²) in [5.74, 6) is 0.246. The summed E-state index contributed by atoms with van der Waals surface area (Å²) in [6.45, 7) is 2.55. The first kappa shape index (κ1) is 7.72. The van der Waals surface area contributed by atoms with Crippen LogP contribution < -0.4 is 10.6 Å². The quantitative estimate of drug-likeness (QED) is 0.485. The first-order valence-corrected chi connectivity index (χ1v) is 3.50. The Morgan fingerprint density at radius 2 is 2.27 bits per heavy atom. The number of rotatable bonds is 0. The van der Waals surface area contributed by atoms with Crippen LogP contribution in [-0.2, 0) is 0 Å². The molecule has 1 rings (SSSR count). The van der Waals surface area contributed by atoms with Crippen LogP contribution in [0.2, 0.25) is 0 Å². The summed E-state index contributed by atoms with van der Waals surface area (Å²) in [4.78, 5) is 0. The highest BCUT2D eigenvalue weighted by Crippen LogP contribution is 1.99. The predicted molar refractivity (Wildman–Crippen MR) is 44.7 cm³/mol. The molecular weight excluding hydrogens is 140 g/mol. The Bertz CT molecular complexity index is 216. The van der Waals surface area contributed by atoms with Gasteiger partial charge in [-0.2, -0.15) is 0 Å². The molecule has 3 N–H and O–H groups in total. The van der Waals surface area contributed by atoms with Crippen LogP contribution in [0.4, 0.5) is 0 Å². The van der Waals surface area contributed by atoms with Crippen LogP contribution in [0.5, 0.6) is 0 Å². The average molecular weight is 152 g/mol. The Morgan fingerprint density at radius 1 is 1.45 bits per heavy atom. The molecule has 11 heavy (non-hydrogen) atoms. The van der Waals surface area contributed by atoms with Gasteiger partial charge in [0.1, 0.15) is 5.76 Å². The van der Waals surface area contributed by atoms with E-state index in [0.717, 1.165) is 5.57 Å². The van der Waals surface area contributed by atoms with Crippen LogP contribution in [0, 0.1) is 0 Å². The number of hydrogen-bond acceptors (Lipinski definition) is 3. The lowest BCUT2D eigenvalue weighted by atomic mass is 10.2. The second-order valence-corrected chi connectivity index (χ2v) is 2.38. The Hall–Kier alpha value is -1.38. The average Bonchev–Trinajstić information content (AvgIpc) is 2.02. The van der Waals surface area contributed by atoms with Crippen LogP contribution in [0.3, 0.4) is 0 Å². The molecule has 0 fully saturated rings. The van der Waals surface area contributed by atoms with Crippen LogP contribution in [0.15, 0.2) is 35.9 Å². The maximum absolute atomic E-state index is 9.17. The van der Waals surface area contributed by atoms with Crippen LogP contribution in [0.25, 0.3) is 0 Å². The minimum atomic E-state index is 0.246. The van der Waals surface area contributed by atoms with E-state index in [2.05, 4.69) is 10.6 Å². The molecule has 0 radical (unpaired) electrons. The molecule has 0 spiro atoms. The van der Waals surface area contributed by atoms with E-state index in [-0.39, 0.29) is 5.76 Å². The number of aliphatic hydroxyl groups excluding tert-OH is 1. The Kier molecular flexibility index (Phi) is 2.60. The van der Waals surface area contributed by atoms with Crippen molar-refractivity contribution in [1.29, 1.82) is 0 Å². The predicted octanol–water partition coefficient (Wildman–Crippen LogP) is 0.996. The highest BCUT2D eigenvalue weighted by atomic mass is 16.3. The van der Waals surface area contributed by atoms with Gasteiger partial charge in [0.25, 0.3) is 0 Å². The molecule has 0 aromatic rings. The lowest BCUT2D eigenvalue weighted by Gasteiger charge is -1.98. The van der Waals surface area contributed by atoms with E-state index in [1.54, 1.807) is 12.3 Å². The third kappa shape index (κ3) is 2.80. The fourth-order valence-corrected chi connectivity index (χ4v) is 0.787. The van der Waals surface area contributed by atoms with Crippen molar-refractivity contribution in [2.75, 3.05) is 6.67 Å². The van der Waals surface area contributed by atoms with Gasteiger partial charge in [-0.15, -0.1) is 0 Å². The summed E-state index contributed by atoms with van der Waals surface area (Å²) in [7, 11) is 0. The van der Waals surface area contributed by atoms with Gasteiger partial charge in [0.15, 0.2) is 0 Å². The molecule has 3 heteroatoms. The van der Waals surface area contributed by atoms with Gasteiger partial charge in [-0.1, -0.05) is 0 Å². The molecule has 3 nitrogen and oxygen atoms in total. The van der Waals surface area contributed by atoms with Crippen molar-refractivity contribution in [1.82, 2.24) is 10.6 Å². The van der Waals surface area contributed by atoms with Crippen molar-refractivity contribution in [2.24, 2.45) is 0 Å². The second-order valence-electron chi connectivity index (χ2n) is 2.38. The van der Waals surface area contributed by atoms with Crippen molar-refractivity contribution in [3.8, 4) is 0 Å². The van der Waals surface area contributed by atoms with Gasteiger partial charge in [0.05, 0.1) is 6.67 Å². The summed E-state index contributed by atoms with van der Waals surface area (Å²) >= 11 is 0. The van der Waals surface area contributed by atoms with Gasteiger partial charge in [0, 0.05) is 6.20 Å². The van der Waals surface area contributed by atoms with E-state index in [4.69, 9.17) is 0 Å². The number of hydrogen-bond donors (Lipinski definition) is 3. The summed E-state index contributed by atoms with van der Waals surface area (Å²) in [6, 6.07) is 0. The molecule has 0 amide bonds. The van der Waals surface area contributed by atoms with E-state index < -0.39 is 0 Å². The van der Waals surface area contributed by atoms with Gasteiger partial charge in [-0.25, -0.2) is 0 Å². The summed E-state index contributed by atoms with van der Waals surface area (Å²) in [6.07, 6.45) is 6.99. The van der Waals surface area contributed by atoms with Crippen molar-refractivity contribution in [2.45, 2.75) is 6.92 Å². The normalized spacial score (nSPS) is 30.3. The Labute approximate surface area is 66.1 Å². The monoisotopic (exact) mass is 152 g/mol. The standard InChI is InChI=1S/C8H12N2O/c1-7-2-3-9-6-10-5-8(11)4-7/h2-5,9-11H,6H2,1H3/b3-2-,7-4+,8-5+. The first-order chi connectivity index (χ1) is 5.29. The van der Waals surface area contributed by atoms with E-state index in [9.17, 15) is 5.11 Å². The maximum atomic E-state index is 9.17. The molecule has 60 valence electrons. The molecule has 0 aliphatic carbocycles. The van der Waals surface area contributed by atoms with Crippen molar-refractivity contribution < 1.29 is 5.11 Å². The minimum Gasteiger partial charge on any atom is -0.506 e. The largest absolute Gasteiger partial charge is 0.506 e. The van der Waals surface area contributed by atoms with Crippen molar-refractivity contribution in [3.05, 3.63) is 35.9 Å². The highest BCUT2D eigenvalue weighted by Gasteiger charge is 1.89. The number of nitrogens with one attached hydrogen (secondary N) is 2. The zero-order chi connectivity index (χ0) is 8.10. The fraction of sp³-hybridized carbons (Fsp3) is 0.250.